The molecule has 0 aromatic rings. The molecule has 0 aromatic heterocycles. The van der Waals surface area contributed by atoms with Crippen molar-refractivity contribution in [3.8, 4) is 0 Å². The molecule has 0 rings (SSSR count). The van der Waals surface area contributed by atoms with E-state index in [9.17, 15) is 0 Å². The minimum atomic E-state index is 0. The molecular formula is C10H23N. The SMILES string of the molecule is C=CCCC(C)CC(C)C.N. The molecule has 0 spiro atoms. The molecule has 0 aliphatic heterocycles. The van der Waals surface area contributed by atoms with Crippen molar-refractivity contribution in [2.45, 2.75) is 40.0 Å². The first-order valence-corrected chi connectivity index (χ1v) is 4.27. The van der Waals surface area contributed by atoms with Gasteiger partial charge in [-0.3, -0.25) is 0 Å². The number of allylic oxidation sites excluding steroid dienone is 1. The molecule has 0 aliphatic carbocycles. The van der Waals surface area contributed by atoms with Gasteiger partial charge in [0.25, 0.3) is 0 Å². The van der Waals surface area contributed by atoms with Crippen molar-refractivity contribution in [2.24, 2.45) is 11.8 Å². The lowest BCUT2D eigenvalue weighted by Crippen LogP contribution is -1.98. The molecule has 0 aromatic carbocycles. The van der Waals surface area contributed by atoms with Crippen LogP contribution in [0.3, 0.4) is 0 Å². The van der Waals surface area contributed by atoms with Gasteiger partial charge in [0.15, 0.2) is 0 Å². The molecule has 3 N–H and O–H groups in total. The fourth-order valence-corrected chi connectivity index (χ4v) is 1.32. The van der Waals surface area contributed by atoms with Crippen LogP contribution in [-0.2, 0) is 0 Å². The van der Waals surface area contributed by atoms with Crippen molar-refractivity contribution in [1.29, 1.82) is 0 Å². The lowest BCUT2D eigenvalue weighted by atomic mass is 9.95. The Morgan fingerprint density at radius 3 is 2.18 bits per heavy atom. The van der Waals surface area contributed by atoms with E-state index in [0.717, 1.165) is 11.8 Å². The van der Waals surface area contributed by atoms with Gasteiger partial charge in [-0.05, 0) is 31.1 Å². The summed E-state index contributed by atoms with van der Waals surface area (Å²) in [6.07, 6.45) is 5.85. The van der Waals surface area contributed by atoms with E-state index in [1.807, 2.05) is 6.08 Å². The topological polar surface area (TPSA) is 35.0 Å². The van der Waals surface area contributed by atoms with Crippen molar-refractivity contribution in [3.63, 3.8) is 0 Å². The van der Waals surface area contributed by atoms with Crippen LogP contribution in [0.25, 0.3) is 0 Å². The smallest absolute Gasteiger partial charge is 0.0351 e. The predicted octanol–water partition coefficient (Wildman–Crippen LogP) is 3.80. The minimum Gasteiger partial charge on any atom is -0.344 e. The molecule has 1 atom stereocenters. The van der Waals surface area contributed by atoms with Gasteiger partial charge in [0.2, 0.25) is 0 Å². The molecule has 0 saturated carbocycles. The standard InChI is InChI=1S/C10H20.H3N/c1-5-6-7-10(4)8-9(2)3;/h5,9-10H,1,6-8H2,2-4H3;1H3. The molecular weight excluding hydrogens is 134 g/mol. The van der Waals surface area contributed by atoms with Crippen LogP contribution < -0.4 is 6.15 Å². The maximum atomic E-state index is 3.71. The summed E-state index contributed by atoms with van der Waals surface area (Å²) in [5, 5.41) is 0. The van der Waals surface area contributed by atoms with Crippen molar-refractivity contribution in [3.05, 3.63) is 12.7 Å². The highest BCUT2D eigenvalue weighted by molar-refractivity contribution is 4.68. The van der Waals surface area contributed by atoms with Crippen LogP contribution in [0.1, 0.15) is 40.0 Å². The fraction of sp³-hybridized carbons (Fsp3) is 0.800. The average Bonchev–Trinajstić information content (AvgIpc) is 1.82. The highest BCUT2D eigenvalue weighted by atomic mass is 14.1. The lowest BCUT2D eigenvalue weighted by Gasteiger charge is -2.11. The van der Waals surface area contributed by atoms with Crippen molar-refractivity contribution in [1.82, 2.24) is 6.15 Å². The Morgan fingerprint density at radius 2 is 1.82 bits per heavy atom. The summed E-state index contributed by atoms with van der Waals surface area (Å²) in [4.78, 5) is 0. The number of rotatable bonds is 5. The molecule has 11 heavy (non-hydrogen) atoms. The summed E-state index contributed by atoms with van der Waals surface area (Å²) < 4.78 is 0. The van der Waals surface area contributed by atoms with Crippen LogP contribution in [0, 0.1) is 11.8 Å². The van der Waals surface area contributed by atoms with Crippen LogP contribution in [0.4, 0.5) is 0 Å². The van der Waals surface area contributed by atoms with Gasteiger partial charge in [-0.25, -0.2) is 0 Å². The Labute approximate surface area is 71.5 Å². The third kappa shape index (κ3) is 9.70. The van der Waals surface area contributed by atoms with Gasteiger partial charge in [0, 0.05) is 0 Å². The maximum absolute atomic E-state index is 3.71. The quantitative estimate of drug-likeness (QED) is 0.605. The predicted molar refractivity (Wildman–Crippen MR) is 53.1 cm³/mol. The van der Waals surface area contributed by atoms with Crippen LogP contribution in [0.15, 0.2) is 12.7 Å². The van der Waals surface area contributed by atoms with Crippen LogP contribution in [-0.4, -0.2) is 0 Å². The van der Waals surface area contributed by atoms with Crippen LogP contribution >= 0.6 is 0 Å². The molecule has 0 bridgehead atoms. The normalized spacial score (nSPS) is 12.4. The highest BCUT2D eigenvalue weighted by Crippen LogP contribution is 2.15. The fourth-order valence-electron chi connectivity index (χ4n) is 1.32. The van der Waals surface area contributed by atoms with E-state index >= 15 is 0 Å². The van der Waals surface area contributed by atoms with Gasteiger partial charge in [-0.1, -0.05) is 26.8 Å². The van der Waals surface area contributed by atoms with Gasteiger partial charge in [-0.2, -0.15) is 0 Å². The van der Waals surface area contributed by atoms with E-state index < -0.39 is 0 Å². The van der Waals surface area contributed by atoms with Crippen molar-refractivity contribution >= 4 is 0 Å². The first-order valence-electron chi connectivity index (χ1n) is 4.27. The van der Waals surface area contributed by atoms with Crippen LogP contribution in [0.2, 0.25) is 0 Å². The van der Waals surface area contributed by atoms with E-state index in [0.29, 0.717) is 0 Å². The van der Waals surface area contributed by atoms with Crippen molar-refractivity contribution in [2.75, 3.05) is 0 Å². The highest BCUT2D eigenvalue weighted by Gasteiger charge is 2.02. The Hall–Kier alpha value is -0.300. The number of hydrogen-bond acceptors (Lipinski definition) is 1. The third-order valence-corrected chi connectivity index (χ3v) is 1.74. The average molecular weight is 157 g/mol. The monoisotopic (exact) mass is 157 g/mol. The van der Waals surface area contributed by atoms with Gasteiger partial charge in [0.1, 0.15) is 0 Å². The second-order valence-corrected chi connectivity index (χ2v) is 3.60. The summed E-state index contributed by atoms with van der Waals surface area (Å²) in [5.74, 6) is 1.72. The Kier molecular flexibility index (Phi) is 9.44. The Bertz CT molecular complexity index is 86.9. The summed E-state index contributed by atoms with van der Waals surface area (Å²) in [6.45, 7) is 10.6. The zero-order valence-corrected chi connectivity index (χ0v) is 8.27. The molecule has 0 amide bonds. The van der Waals surface area contributed by atoms with Crippen molar-refractivity contribution < 1.29 is 0 Å². The first kappa shape index (κ1) is 13.3. The maximum Gasteiger partial charge on any atom is -0.0351 e. The second-order valence-electron chi connectivity index (χ2n) is 3.60. The zero-order valence-electron chi connectivity index (χ0n) is 8.27. The van der Waals surface area contributed by atoms with Gasteiger partial charge < -0.3 is 6.15 Å². The first-order chi connectivity index (χ1) is 4.66. The summed E-state index contributed by atoms with van der Waals surface area (Å²) >= 11 is 0. The van der Waals surface area contributed by atoms with E-state index in [1.54, 1.807) is 0 Å². The van der Waals surface area contributed by atoms with E-state index in [4.69, 9.17) is 0 Å². The van der Waals surface area contributed by atoms with E-state index in [-0.39, 0.29) is 6.15 Å². The zero-order chi connectivity index (χ0) is 7.98. The molecule has 0 aliphatic rings. The number of hydrogen-bond donors (Lipinski definition) is 1. The summed E-state index contributed by atoms with van der Waals surface area (Å²) in [5.41, 5.74) is 0. The molecule has 0 fully saturated rings. The minimum absolute atomic E-state index is 0. The van der Waals surface area contributed by atoms with Gasteiger partial charge in [-0.15, -0.1) is 6.58 Å². The molecule has 1 unspecified atom stereocenters. The molecule has 1 nitrogen and oxygen atoms in total. The molecule has 68 valence electrons. The third-order valence-electron chi connectivity index (χ3n) is 1.74. The van der Waals surface area contributed by atoms with E-state index in [1.165, 1.54) is 19.3 Å². The molecule has 0 radical (unpaired) electrons. The Balaban J connectivity index is 0. The lowest BCUT2D eigenvalue weighted by molar-refractivity contribution is 0.418. The van der Waals surface area contributed by atoms with E-state index in [2.05, 4.69) is 27.4 Å². The summed E-state index contributed by atoms with van der Waals surface area (Å²) in [7, 11) is 0. The molecule has 0 heterocycles. The molecule has 0 saturated heterocycles. The Morgan fingerprint density at radius 1 is 1.27 bits per heavy atom. The van der Waals surface area contributed by atoms with Gasteiger partial charge in [0.05, 0.1) is 0 Å². The summed E-state index contributed by atoms with van der Waals surface area (Å²) in [6, 6.07) is 0. The van der Waals surface area contributed by atoms with Crippen LogP contribution in [0.5, 0.6) is 0 Å². The van der Waals surface area contributed by atoms with Gasteiger partial charge >= 0.3 is 0 Å². The second kappa shape index (κ2) is 7.80. The molecule has 1 heteroatoms. The largest absolute Gasteiger partial charge is 0.344 e.